The number of hydrogen-bond donors (Lipinski definition) is 0. The summed E-state index contributed by atoms with van der Waals surface area (Å²) in [5, 5.41) is 0. The third-order valence-corrected chi connectivity index (χ3v) is 2.71. The van der Waals surface area contributed by atoms with Gasteiger partial charge in [0.25, 0.3) is 0 Å². The Balaban J connectivity index is 2.51. The van der Waals surface area contributed by atoms with Crippen LogP contribution < -0.4 is 14.2 Å². The third kappa shape index (κ3) is 1.93. The van der Waals surface area contributed by atoms with Crippen LogP contribution in [0.1, 0.15) is 10.4 Å². The molecule has 5 heteroatoms. The molecule has 0 bridgehead atoms. The number of rotatable bonds is 3. The Morgan fingerprint density at radius 2 is 2.00 bits per heavy atom. The van der Waals surface area contributed by atoms with Crippen molar-refractivity contribution in [3.63, 3.8) is 0 Å². The summed E-state index contributed by atoms with van der Waals surface area (Å²) in [7, 11) is 4.52. The van der Waals surface area contributed by atoms with Crippen molar-refractivity contribution >= 4 is 5.78 Å². The van der Waals surface area contributed by atoms with Gasteiger partial charge in [-0.25, -0.2) is 0 Å². The number of Topliss-reactive ketones (excluding diaryl/α,β-unsaturated/α-hetero) is 1. The van der Waals surface area contributed by atoms with E-state index < -0.39 is 6.10 Å². The highest BCUT2D eigenvalue weighted by atomic mass is 16.5. The molecule has 1 aromatic carbocycles. The topological polar surface area (TPSA) is 54.0 Å². The molecule has 0 N–H and O–H groups in total. The molecule has 0 amide bonds. The molecule has 92 valence electrons. The van der Waals surface area contributed by atoms with Crippen LogP contribution in [0.25, 0.3) is 0 Å². The molecule has 0 aliphatic carbocycles. The molecule has 1 aromatic rings. The van der Waals surface area contributed by atoms with Gasteiger partial charge in [-0.3, -0.25) is 4.79 Å². The van der Waals surface area contributed by atoms with Gasteiger partial charge in [-0.1, -0.05) is 0 Å². The first-order valence-corrected chi connectivity index (χ1v) is 5.17. The lowest BCUT2D eigenvalue weighted by atomic mass is 10.0. The lowest BCUT2D eigenvalue weighted by molar-refractivity contribution is 0.0363. The molecule has 0 spiro atoms. The number of benzene rings is 1. The molecule has 0 radical (unpaired) electrons. The minimum absolute atomic E-state index is 0.131. The summed E-state index contributed by atoms with van der Waals surface area (Å²) in [5.74, 6) is 1.36. The second-order valence-corrected chi connectivity index (χ2v) is 3.60. The maximum atomic E-state index is 12.1. The zero-order chi connectivity index (χ0) is 12.4. The molecule has 0 fully saturated rings. The Labute approximate surface area is 99.2 Å². The van der Waals surface area contributed by atoms with Crippen molar-refractivity contribution in [3.8, 4) is 17.2 Å². The van der Waals surface area contributed by atoms with Gasteiger partial charge in [-0.2, -0.15) is 0 Å². The Kier molecular flexibility index (Phi) is 3.19. The maximum Gasteiger partial charge on any atom is 0.202 e. The van der Waals surface area contributed by atoms with Crippen molar-refractivity contribution < 1.29 is 23.7 Å². The largest absolute Gasteiger partial charge is 0.496 e. The minimum Gasteiger partial charge on any atom is -0.496 e. The van der Waals surface area contributed by atoms with Gasteiger partial charge < -0.3 is 18.9 Å². The quantitative estimate of drug-likeness (QED) is 0.794. The highest BCUT2D eigenvalue weighted by Crippen LogP contribution is 2.37. The van der Waals surface area contributed by atoms with Gasteiger partial charge in [-0.05, 0) is 0 Å². The fraction of sp³-hybridized carbons (Fsp3) is 0.417. The van der Waals surface area contributed by atoms with E-state index in [1.165, 1.54) is 14.2 Å². The number of ether oxygens (including phenoxy) is 4. The van der Waals surface area contributed by atoms with E-state index in [4.69, 9.17) is 18.9 Å². The Morgan fingerprint density at radius 3 is 2.59 bits per heavy atom. The van der Waals surface area contributed by atoms with Crippen molar-refractivity contribution in [2.24, 2.45) is 0 Å². The SMILES string of the molecule is COc1cc(OC)c2c(c1)OCC(OC)C2=O. The van der Waals surface area contributed by atoms with Crippen molar-refractivity contribution in [2.75, 3.05) is 27.9 Å². The summed E-state index contributed by atoms with van der Waals surface area (Å²) in [4.78, 5) is 12.1. The number of carbonyl (C=O) groups excluding carboxylic acids is 1. The van der Waals surface area contributed by atoms with Gasteiger partial charge in [0.2, 0.25) is 5.78 Å². The molecule has 0 aromatic heterocycles. The van der Waals surface area contributed by atoms with Gasteiger partial charge in [0.1, 0.15) is 29.4 Å². The Morgan fingerprint density at radius 1 is 1.24 bits per heavy atom. The number of fused-ring (bicyclic) bond motifs is 1. The normalized spacial score (nSPS) is 18.3. The van der Waals surface area contributed by atoms with E-state index in [2.05, 4.69) is 0 Å². The van der Waals surface area contributed by atoms with Crippen molar-refractivity contribution in [2.45, 2.75) is 6.10 Å². The third-order valence-electron chi connectivity index (χ3n) is 2.71. The highest BCUT2D eigenvalue weighted by Gasteiger charge is 2.32. The van der Waals surface area contributed by atoms with E-state index in [0.717, 1.165) is 0 Å². The zero-order valence-electron chi connectivity index (χ0n) is 9.98. The van der Waals surface area contributed by atoms with Crippen LogP contribution in [0.4, 0.5) is 0 Å². The van der Waals surface area contributed by atoms with Crippen LogP contribution in [0, 0.1) is 0 Å². The minimum atomic E-state index is -0.579. The molecule has 5 nitrogen and oxygen atoms in total. The molecule has 1 unspecified atom stereocenters. The molecular weight excluding hydrogens is 224 g/mol. The predicted molar refractivity (Wildman–Crippen MR) is 60.2 cm³/mol. The van der Waals surface area contributed by atoms with E-state index in [9.17, 15) is 4.79 Å². The number of ketones is 1. The van der Waals surface area contributed by atoms with Crippen LogP contribution in [0.15, 0.2) is 12.1 Å². The predicted octanol–water partition coefficient (Wildman–Crippen LogP) is 1.29. The Hall–Kier alpha value is -1.75. The monoisotopic (exact) mass is 238 g/mol. The van der Waals surface area contributed by atoms with Gasteiger partial charge in [-0.15, -0.1) is 0 Å². The summed E-state index contributed by atoms with van der Waals surface area (Å²) >= 11 is 0. The van der Waals surface area contributed by atoms with Gasteiger partial charge in [0.15, 0.2) is 6.10 Å². The fourth-order valence-electron chi connectivity index (χ4n) is 1.78. The average molecular weight is 238 g/mol. The van der Waals surface area contributed by atoms with Crippen molar-refractivity contribution in [1.82, 2.24) is 0 Å². The molecule has 0 saturated carbocycles. The second-order valence-electron chi connectivity index (χ2n) is 3.60. The molecule has 1 aliphatic heterocycles. The highest BCUT2D eigenvalue weighted by molar-refractivity contribution is 6.05. The van der Waals surface area contributed by atoms with Crippen LogP contribution in [-0.2, 0) is 4.74 Å². The fourth-order valence-corrected chi connectivity index (χ4v) is 1.78. The summed E-state index contributed by atoms with van der Waals surface area (Å²) in [6.07, 6.45) is -0.579. The molecule has 17 heavy (non-hydrogen) atoms. The number of hydrogen-bond acceptors (Lipinski definition) is 5. The van der Waals surface area contributed by atoms with Gasteiger partial charge in [0, 0.05) is 19.2 Å². The van der Waals surface area contributed by atoms with E-state index in [-0.39, 0.29) is 12.4 Å². The standard InChI is InChI=1S/C12H14O5/c1-14-7-4-8(15-2)11-9(5-7)17-6-10(16-3)12(11)13/h4-5,10H,6H2,1-3H3. The summed E-state index contributed by atoms with van der Waals surface area (Å²) in [6.45, 7) is 0.207. The van der Waals surface area contributed by atoms with Gasteiger partial charge in [0.05, 0.1) is 14.2 Å². The Bertz CT molecular complexity index is 424. The first-order valence-electron chi connectivity index (χ1n) is 5.17. The average Bonchev–Trinajstić information content (AvgIpc) is 2.37. The smallest absolute Gasteiger partial charge is 0.202 e. The van der Waals surface area contributed by atoms with E-state index in [1.807, 2.05) is 0 Å². The molecule has 0 saturated heterocycles. The molecule has 1 heterocycles. The van der Waals surface area contributed by atoms with E-state index >= 15 is 0 Å². The first kappa shape index (κ1) is 11.7. The van der Waals surface area contributed by atoms with Crippen LogP contribution in [0.2, 0.25) is 0 Å². The number of carbonyl (C=O) groups is 1. The van der Waals surface area contributed by atoms with Gasteiger partial charge >= 0.3 is 0 Å². The molecular formula is C12H14O5. The van der Waals surface area contributed by atoms with Crippen molar-refractivity contribution in [3.05, 3.63) is 17.7 Å². The van der Waals surface area contributed by atoms with Crippen LogP contribution in [-0.4, -0.2) is 39.8 Å². The van der Waals surface area contributed by atoms with Crippen LogP contribution in [0.3, 0.4) is 0 Å². The second kappa shape index (κ2) is 4.63. The summed E-state index contributed by atoms with van der Waals surface area (Å²) < 4.78 is 20.8. The first-order chi connectivity index (χ1) is 8.21. The maximum absolute atomic E-state index is 12.1. The molecule has 1 atom stereocenters. The lowest BCUT2D eigenvalue weighted by Gasteiger charge is -2.24. The number of methoxy groups -OCH3 is 3. The molecule has 2 rings (SSSR count). The summed E-state index contributed by atoms with van der Waals surface area (Å²) in [6, 6.07) is 3.32. The lowest BCUT2D eigenvalue weighted by Crippen LogP contribution is -2.34. The van der Waals surface area contributed by atoms with E-state index in [1.54, 1.807) is 19.2 Å². The van der Waals surface area contributed by atoms with Crippen LogP contribution in [0.5, 0.6) is 17.2 Å². The summed E-state index contributed by atoms with van der Waals surface area (Å²) in [5.41, 5.74) is 0.409. The molecule has 1 aliphatic rings. The van der Waals surface area contributed by atoms with E-state index in [0.29, 0.717) is 22.8 Å². The van der Waals surface area contributed by atoms with Crippen LogP contribution >= 0.6 is 0 Å². The van der Waals surface area contributed by atoms with Crippen molar-refractivity contribution in [1.29, 1.82) is 0 Å². The zero-order valence-corrected chi connectivity index (χ0v) is 9.98.